The fraction of sp³-hybridized carbons (Fsp3) is 0.238. The monoisotopic (exact) mass is 426 g/mol. The minimum Gasteiger partial charge on any atom is -0.474 e. The van der Waals surface area contributed by atoms with Crippen LogP contribution in [0.3, 0.4) is 0 Å². The summed E-state index contributed by atoms with van der Waals surface area (Å²) in [7, 11) is 0. The van der Waals surface area contributed by atoms with E-state index in [-0.39, 0.29) is 12.2 Å². The number of nitrogens with one attached hydrogen (secondary N) is 2. The molecule has 2 heterocycles. The van der Waals surface area contributed by atoms with Gasteiger partial charge in [0, 0.05) is 30.6 Å². The predicted molar refractivity (Wildman–Crippen MR) is 114 cm³/mol. The molecule has 9 nitrogen and oxygen atoms in total. The van der Waals surface area contributed by atoms with Crippen LogP contribution in [-0.4, -0.2) is 40.7 Å². The molecule has 0 saturated heterocycles. The molecule has 0 radical (unpaired) electrons. The fourth-order valence-electron chi connectivity index (χ4n) is 2.60. The zero-order chi connectivity index (χ0) is 22.1. The molecule has 0 fully saturated rings. The summed E-state index contributed by atoms with van der Waals surface area (Å²) >= 11 is 0. The number of hydrogen-bond donors (Lipinski definition) is 3. The molecule has 31 heavy (non-hydrogen) atoms. The molecule has 0 aliphatic heterocycles. The minimum absolute atomic E-state index is 0.101. The first-order valence-corrected chi connectivity index (χ1v) is 9.63. The van der Waals surface area contributed by atoms with E-state index >= 15 is 0 Å². The van der Waals surface area contributed by atoms with Gasteiger partial charge in [0.15, 0.2) is 0 Å². The molecule has 0 spiro atoms. The Balaban J connectivity index is 1.59. The number of pyridine rings is 1. The lowest BCUT2D eigenvalue weighted by Gasteiger charge is -2.11. The fourth-order valence-corrected chi connectivity index (χ4v) is 2.60. The number of nitrogens with zero attached hydrogens (tertiary/aromatic N) is 3. The lowest BCUT2D eigenvalue weighted by Crippen LogP contribution is -2.15. The summed E-state index contributed by atoms with van der Waals surface area (Å²) in [6.07, 6.45) is 4.24. The van der Waals surface area contributed by atoms with Gasteiger partial charge in [-0.05, 0) is 37.3 Å². The van der Waals surface area contributed by atoms with Crippen molar-refractivity contribution in [2.75, 3.05) is 36.2 Å². The van der Waals surface area contributed by atoms with Crippen LogP contribution in [0.1, 0.15) is 23.0 Å². The van der Waals surface area contributed by atoms with E-state index in [0.29, 0.717) is 48.5 Å². The summed E-state index contributed by atoms with van der Waals surface area (Å²) in [5, 5.41) is 5.71. The first kappa shape index (κ1) is 21.9. The molecule has 162 valence electrons. The van der Waals surface area contributed by atoms with Gasteiger partial charge in [-0.3, -0.25) is 4.79 Å². The van der Waals surface area contributed by atoms with Crippen LogP contribution in [0.15, 0.2) is 48.9 Å². The molecule has 1 aromatic carbocycles. The van der Waals surface area contributed by atoms with Gasteiger partial charge in [-0.25, -0.2) is 19.3 Å². The Labute approximate surface area is 178 Å². The van der Waals surface area contributed by atoms with Gasteiger partial charge in [0.05, 0.1) is 24.7 Å². The molecule has 3 aromatic rings. The molecule has 0 aliphatic carbocycles. The number of nitrogens with two attached hydrogens (primary N) is 1. The molecule has 1 amide bonds. The Morgan fingerprint density at radius 2 is 2.03 bits per heavy atom. The Bertz CT molecular complexity index is 1020. The minimum atomic E-state index is -0.476. The van der Waals surface area contributed by atoms with Gasteiger partial charge in [-0.1, -0.05) is 0 Å². The summed E-state index contributed by atoms with van der Waals surface area (Å²) in [6, 6.07) is 7.75. The zero-order valence-electron chi connectivity index (χ0n) is 17.0. The number of carbonyl (C=O) groups excluding carboxylic acids is 1. The van der Waals surface area contributed by atoms with E-state index in [4.69, 9.17) is 15.2 Å². The summed E-state index contributed by atoms with van der Waals surface area (Å²) in [4.78, 5) is 24.5. The van der Waals surface area contributed by atoms with Crippen LogP contribution in [0.2, 0.25) is 0 Å². The number of halogens is 1. The molecular formula is C21H23FN6O3. The van der Waals surface area contributed by atoms with Crippen LogP contribution in [0, 0.1) is 5.82 Å². The largest absolute Gasteiger partial charge is 0.474 e. The van der Waals surface area contributed by atoms with Crippen LogP contribution in [-0.2, 0) is 11.3 Å². The number of ether oxygens (including phenoxy) is 2. The summed E-state index contributed by atoms with van der Waals surface area (Å²) in [5.41, 5.74) is 7.25. The summed E-state index contributed by atoms with van der Waals surface area (Å²) in [5.74, 6) is -0.283. The molecule has 2 aromatic heterocycles. The second kappa shape index (κ2) is 10.8. The maximum Gasteiger partial charge on any atom is 0.275 e. The van der Waals surface area contributed by atoms with Crippen LogP contribution < -0.4 is 21.1 Å². The Hall–Kier alpha value is -3.79. The van der Waals surface area contributed by atoms with E-state index in [9.17, 15) is 9.18 Å². The number of aromatic nitrogens is 3. The van der Waals surface area contributed by atoms with Crippen molar-refractivity contribution >= 4 is 23.1 Å². The molecule has 4 N–H and O–H groups in total. The van der Waals surface area contributed by atoms with E-state index < -0.39 is 11.7 Å². The number of nitrogen functional groups attached to an aromatic ring is 1. The normalized spacial score (nSPS) is 10.5. The Kier molecular flexibility index (Phi) is 7.66. The first-order valence-electron chi connectivity index (χ1n) is 9.63. The molecule has 0 saturated carbocycles. The number of hydrogen-bond acceptors (Lipinski definition) is 8. The van der Waals surface area contributed by atoms with Crippen LogP contribution in [0.5, 0.6) is 5.88 Å². The highest BCUT2D eigenvalue weighted by Crippen LogP contribution is 2.19. The molecule has 0 bridgehead atoms. The van der Waals surface area contributed by atoms with Crippen molar-refractivity contribution in [2.45, 2.75) is 13.5 Å². The highest BCUT2D eigenvalue weighted by molar-refractivity contribution is 6.02. The van der Waals surface area contributed by atoms with Gasteiger partial charge in [0.25, 0.3) is 5.91 Å². The summed E-state index contributed by atoms with van der Waals surface area (Å²) < 4.78 is 24.7. The van der Waals surface area contributed by atoms with Crippen LogP contribution >= 0.6 is 0 Å². The van der Waals surface area contributed by atoms with E-state index in [1.165, 1.54) is 30.6 Å². The molecule has 0 atom stereocenters. The van der Waals surface area contributed by atoms with Crippen molar-refractivity contribution in [3.63, 3.8) is 0 Å². The SMILES string of the molecule is CCOCCOc1cnc(C(=O)Nc2ccc(F)c(CNc3cccnc3N)c2)cn1. The summed E-state index contributed by atoms with van der Waals surface area (Å²) in [6.45, 7) is 3.44. The zero-order valence-corrected chi connectivity index (χ0v) is 17.0. The highest BCUT2D eigenvalue weighted by atomic mass is 19.1. The number of anilines is 3. The van der Waals surface area contributed by atoms with Gasteiger partial charge in [-0.15, -0.1) is 0 Å². The van der Waals surface area contributed by atoms with Gasteiger partial charge < -0.3 is 25.8 Å². The molecule has 0 unspecified atom stereocenters. The third-order valence-electron chi connectivity index (χ3n) is 4.15. The van der Waals surface area contributed by atoms with Crippen molar-refractivity contribution in [1.29, 1.82) is 0 Å². The van der Waals surface area contributed by atoms with Gasteiger partial charge in [0.1, 0.15) is 23.9 Å². The van der Waals surface area contributed by atoms with Gasteiger partial charge in [-0.2, -0.15) is 0 Å². The highest BCUT2D eigenvalue weighted by Gasteiger charge is 2.11. The molecular weight excluding hydrogens is 403 g/mol. The van der Waals surface area contributed by atoms with Crippen molar-refractivity contribution in [2.24, 2.45) is 0 Å². The van der Waals surface area contributed by atoms with Gasteiger partial charge in [0.2, 0.25) is 5.88 Å². The average molecular weight is 426 g/mol. The van der Waals surface area contributed by atoms with E-state index in [1.807, 2.05) is 6.92 Å². The lowest BCUT2D eigenvalue weighted by atomic mass is 10.1. The number of benzene rings is 1. The van der Waals surface area contributed by atoms with Crippen molar-refractivity contribution < 1.29 is 18.7 Å². The van der Waals surface area contributed by atoms with Crippen molar-refractivity contribution in [3.05, 3.63) is 66.0 Å². The second-order valence-electron chi connectivity index (χ2n) is 6.34. The number of rotatable bonds is 10. The van der Waals surface area contributed by atoms with E-state index in [2.05, 4.69) is 25.6 Å². The third kappa shape index (κ3) is 6.34. The first-order chi connectivity index (χ1) is 15.1. The van der Waals surface area contributed by atoms with Crippen molar-refractivity contribution in [3.8, 4) is 5.88 Å². The maximum atomic E-state index is 14.2. The standard InChI is InChI=1S/C21H23FN6O3/c1-2-30-8-9-31-19-13-26-18(12-27-19)21(29)28-15-5-6-16(22)14(10-15)11-25-17-4-3-7-24-20(17)23/h3-7,10,12-13,25H,2,8-9,11H2,1H3,(H2,23,24)(H,28,29). The van der Waals surface area contributed by atoms with Crippen molar-refractivity contribution in [1.82, 2.24) is 15.0 Å². The molecule has 0 aliphatic rings. The number of amides is 1. The smallest absolute Gasteiger partial charge is 0.275 e. The topological polar surface area (TPSA) is 124 Å². The molecule has 10 heteroatoms. The van der Waals surface area contributed by atoms with Crippen LogP contribution in [0.25, 0.3) is 0 Å². The predicted octanol–water partition coefficient (Wildman–Crippen LogP) is 2.87. The quantitative estimate of drug-likeness (QED) is 0.423. The van der Waals surface area contributed by atoms with Gasteiger partial charge >= 0.3 is 0 Å². The lowest BCUT2D eigenvalue weighted by molar-refractivity contribution is 0.101. The number of carbonyl (C=O) groups is 1. The van der Waals surface area contributed by atoms with Crippen LogP contribution in [0.4, 0.5) is 21.6 Å². The average Bonchev–Trinajstić information content (AvgIpc) is 2.78. The maximum absolute atomic E-state index is 14.2. The Morgan fingerprint density at radius 1 is 1.16 bits per heavy atom. The van der Waals surface area contributed by atoms with E-state index in [0.717, 1.165) is 0 Å². The third-order valence-corrected chi connectivity index (χ3v) is 4.15. The second-order valence-corrected chi connectivity index (χ2v) is 6.34. The molecule has 3 rings (SSSR count). The Morgan fingerprint density at radius 3 is 2.77 bits per heavy atom. The van der Waals surface area contributed by atoms with E-state index in [1.54, 1.807) is 18.3 Å².